The second-order valence-corrected chi connectivity index (χ2v) is 6.04. The van der Waals surface area contributed by atoms with E-state index in [0.29, 0.717) is 25.9 Å². The van der Waals surface area contributed by atoms with E-state index in [-0.39, 0.29) is 11.5 Å². The predicted octanol–water partition coefficient (Wildman–Crippen LogP) is 2.46. The summed E-state index contributed by atoms with van der Waals surface area (Å²) in [6, 6.07) is 2.92. The minimum Gasteiger partial charge on any atom is -0.398 e. The van der Waals surface area contributed by atoms with Crippen LogP contribution in [-0.2, 0) is 6.54 Å². The molecule has 2 aromatic rings. The molecule has 0 bridgehead atoms. The standard InChI is InChI=1S/C11H12FIN4OS/c1-2-3-17-10(18)15-16-11(17)19-9-4-6(12)7(13)5-8(9)14/h4-5H,2-3,14H2,1H3,(H,15,18). The van der Waals surface area contributed by atoms with Crippen LogP contribution in [-0.4, -0.2) is 14.8 Å². The van der Waals surface area contributed by atoms with Crippen molar-refractivity contribution in [1.82, 2.24) is 14.8 Å². The third kappa shape index (κ3) is 3.11. The first kappa shape index (κ1) is 14.4. The van der Waals surface area contributed by atoms with Gasteiger partial charge in [-0.3, -0.25) is 4.57 Å². The van der Waals surface area contributed by atoms with Crippen molar-refractivity contribution in [3.8, 4) is 0 Å². The molecule has 0 atom stereocenters. The quantitative estimate of drug-likeness (QED) is 0.617. The molecule has 0 fully saturated rings. The van der Waals surface area contributed by atoms with Crippen LogP contribution >= 0.6 is 34.4 Å². The van der Waals surface area contributed by atoms with Gasteiger partial charge < -0.3 is 5.73 Å². The fourth-order valence-corrected chi connectivity index (χ4v) is 2.94. The number of benzene rings is 1. The summed E-state index contributed by atoms with van der Waals surface area (Å²) in [7, 11) is 0. The maximum absolute atomic E-state index is 13.5. The van der Waals surface area contributed by atoms with Crippen LogP contribution < -0.4 is 11.4 Å². The number of nitrogens with two attached hydrogens (primary N) is 1. The molecule has 1 heterocycles. The fourth-order valence-electron chi connectivity index (χ4n) is 1.53. The third-order valence-corrected chi connectivity index (χ3v) is 4.32. The van der Waals surface area contributed by atoms with Gasteiger partial charge in [0.1, 0.15) is 5.82 Å². The van der Waals surface area contributed by atoms with E-state index in [1.54, 1.807) is 6.07 Å². The molecular weight excluding hydrogens is 382 g/mol. The molecule has 0 saturated carbocycles. The highest BCUT2D eigenvalue weighted by Gasteiger charge is 2.13. The molecule has 19 heavy (non-hydrogen) atoms. The van der Waals surface area contributed by atoms with Crippen LogP contribution in [0, 0.1) is 9.39 Å². The number of hydrogen-bond acceptors (Lipinski definition) is 4. The van der Waals surface area contributed by atoms with E-state index in [1.165, 1.54) is 22.4 Å². The van der Waals surface area contributed by atoms with Gasteiger partial charge in [-0.05, 0) is 52.9 Å². The molecule has 1 aromatic carbocycles. The Labute approximate surface area is 126 Å². The summed E-state index contributed by atoms with van der Waals surface area (Å²) < 4.78 is 15.5. The first-order chi connectivity index (χ1) is 9.02. The van der Waals surface area contributed by atoms with Crippen molar-refractivity contribution in [3.05, 3.63) is 32.0 Å². The van der Waals surface area contributed by atoms with Crippen LogP contribution in [0.3, 0.4) is 0 Å². The van der Waals surface area contributed by atoms with Gasteiger partial charge in [-0.1, -0.05) is 6.92 Å². The van der Waals surface area contributed by atoms with Gasteiger partial charge in [-0.25, -0.2) is 14.3 Å². The maximum atomic E-state index is 13.5. The summed E-state index contributed by atoms with van der Waals surface area (Å²) in [5.74, 6) is -0.336. The molecule has 5 nitrogen and oxygen atoms in total. The fraction of sp³-hybridized carbons (Fsp3) is 0.273. The lowest BCUT2D eigenvalue weighted by Gasteiger charge is -2.07. The van der Waals surface area contributed by atoms with E-state index >= 15 is 0 Å². The molecule has 0 aliphatic carbocycles. The number of aromatic amines is 1. The number of nitrogens with one attached hydrogen (secondary N) is 1. The Kier molecular flexibility index (Phi) is 4.50. The molecule has 0 amide bonds. The molecule has 1 aromatic heterocycles. The van der Waals surface area contributed by atoms with Gasteiger partial charge >= 0.3 is 5.69 Å². The van der Waals surface area contributed by atoms with Crippen LogP contribution in [0.5, 0.6) is 0 Å². The lowest BCUT2D eigenvalue weighted by Crippen LogP contribution is -2.17. The number of nitrogen functional groups attached to an aromatic ring is 1. The third-order valence-electron chi connectivity index (χ3n) is 2.42. The Hall–Kier alpha value is -1.03. The summed E-state index contributed by atoms with van der Waals surface area (Å²) in [6.07, 6.45) is 0.809. The zero-order valence-electron chi connectivity index (χ0n) is 10.1. The van der Waals surface area contributed by atoms with Gasteiger partial charge in [0.05, 0.1) is 3.57 Å². The first-order valence-electron chi connectivity index (χ1n) is 5.60. The molecule has 0 spiro atoms. The molecule has 0 unspecified atom stereocenters. The normalized spacial score (nSPS) is 10.9. The molecule has 0 radical (unpaired) electrons. The number of aromatic nitrogens is 3. The average Bonchev–Trinajstić information content (AvgIpc) is 2.69. The van der Waals surface area contributed by atoms with E-state index in [1.807, 2.05) is 29.5 Å². The lowest BCUT2D eigenvalue weighted by molar-refractivity contribution is 0.603. The summed E-state index contributed by atoms with van der Waals surface area (Å²) in [5, 5.41) is 6.80. The van der Waals surface area contributed by atoms with Crippen LogP contribution in [0.1, 0.15) is 13.3 Å². The van der Waals surface area contributed by atoms with Gasteiger partial charge in [0.2, 0.25) is 0 Å². The Morgan fingerprint density at radius 2 is 2.32 bits per heavy atom. The van der Waals surface area contributed by atoms with Crippen molar-refractivity contribution in [2.75, 3.05) is 5.73 Å². The minimum absolute atomic E-state index is 0.270. The van der Waals surface area contributed by atoms with Crippen LogP contribution in [0.15, 0.2) is 27.0 Å². The Balaban J connectivity index is 2.36. The van der Waals surface area contributed by atoms with E-state index in [9.17, 15) is 9.18 Å². The minimum atomic E-state index is -0.336. The number of rotatable bonds is 4. The maximum Gasteiger partial charge on any atom is 0.343 e. The second-order valence-electron chi connectivity index (χ2n) is 3.87. The van der Waals surface area contributed by atoms with Crippen LogP contribution in [0.2, 0.25) is 0 Å². The van der Waals surface area contributed by atoms with Gasteiger partial charge in [-0.2, -0.15) is 0 Å². The molecule has 8 heteroatoms. The van der Waals surface area contributed by atoms with Crippen LogP contribution in [0.4, 0.5) is 10.1 Å². The number of nitrogens with zero attached hydrogens (tertiary/aromatic N) is 2. The first-order valence-corrected chi connectivity index (χ1v) is 7.50. The van der Waals surface area contributed by atoms with Crippen molar-refractivity contribution < 1.29 is 4.39 Å². The summed E-state index contributed by atoms with van der Waals surface area (Å²) >= 11 is 3.06. The molecule has 102 valence electrons. The second kappa shape index (κ2) is 5.95. The smallest absolute Gasteiger partial charge is 0.343 e. The van der Waals surface area contributed by atoms with Gasteiger partial charge in [0.25, 0.3) is 0 Å². The van der Waals surface area contributed by atoms with Crippen molar-refractivity contribution in [2.24, 2.45) is 0 Å². The summed E-state index contributed by atoms with van der Waals surface area (Å²) in [5.41, 5.74) is 6.05. The summed E-state index contributed by atoms with van der Waals surface area (Å²) in [4.78, 5) is 12.1. The van der Waals surface area contributed by atoms with Gasteiger partial charge in [-0.15, -0.1) is 5.10 Å². The highest BCUT2D eigenvalue weighted by Crippen LogP contribution is 2.32. The topological polar surface area (TPSA) is 76.7 Å². The van der Waals surface area contributed by atoms with E-state index in [2.05, 4.69) is 10.2 Å². The Morgan fingerprint density at radius 1 is 1.58 bits per heavy atom. The molecule has 0 aliphatic rings. The lowest BCUT2D eigenvalue weighted by atomic mass is 10.3. The number of halogens is 2. The average molecular weight is 394 g/mol. The number of H-pyrrole nitrogens is 1. The SMILES string of the molecule is CCCn1c(Sc2cc(F)c(I)cc2N)n[nH]c1=O. The Morgan fingerprint density at radius 3 is 3.00 bits per heavy atom. The number of anilines is 1. The van der Waals surface area contributed by atoms with Crippen molar-refractivity contribution >= 4 is 40.0 Å². The molecular formula is C11H12FIN4OS. The predicted molar refractivity (Wildman–Crippen MR) is 80.8 cm³/mol. The largest absolute Gasteiger partial charge is 0.398 e. The zero-order chi connectivity index (χ0) is 14.0. The van der Waals surface area contributed by atoms with Crippen LogP contribution in [0.25, 0.3) is 0 Å². The van der Waals surface area contributed by atoms with Crippen molar-refractivity contribution in [1.29, 1.82) is 0 Å². The highest BCUT2D eigenvalue weighted by atomic mass is 127. The highest BCUT2D eigenvalue weighted by molar-refractivity contribution is 14.1. The van der Waals surface area contributed by atoms with Crippen molar-refractivity contribution in [3.63, 3.8) is 0 Å². The summed E-state index contributed by atoms with van der Waals surface area (Å²) in [6.45, 7) is 2.53. The molecule has 3 N–H and O–H groups in total. The monoisotopic (exact) mass is 394 g/mol. The van der Waals surface area contributed by atoms with Gasteiger partial charge in [0, 0.05) is 17.1 Å². The number of hydrogen-bond donors (Lipinski definition) is 2. The van der Waals surface area contributed by atoms with E-state index in [4.69, 9.17) is 5.73 Å². The molecule has 0 aliphatic heterocycles. The molecule has 0 saturated heterocycles. The van der Waals surface area contributed by atoms with E-state index < -0.39 is 0 Å². The molecule has 2 rings (SSSR count). The zero-order valence-corrected chi connectivity index (χ0v) is 13.1. The Bertz CT molecular complexity index is 655. The van der Waals surface area contributed by atoms with E-state index in [0.717, 1.165) is 6.42 Å². The van der Waals surface area contributed by atoms with Crippen molar-refractivity contribution in [2.45, 2.75) is 29.9 Å². The van der Waals surface area contributed by atoms with Gasteiger partial charge in [0.15, 0.2) is 5.16 Å².